The van der Waals surface area contributed by atoms with Crippen LogP contribution in [-0.4, -0.2) is 49.8 Å². The van der Waals surface area contributed by atoms with Gasteiger partial charge in [0.25, 0.3) is 0 Å². The van der Waals surface area contributed by atoms with E-state index in [-0.39, 0.29) is 12.1 Å². The Morgan fingerprint density at radius 1 is 1.12 bits per heavy atom. The maximum atomic E-state index is 12.3. The molecule has 1 saturated heterocycles. The number of nitrogens with zero attached hydrogens (tertiary/aromatic N) is 1. The van der Waals surface area contributed by atoms with Crippen molar-refractivity contribution in [2.45, 2.75) is 44.2 Å². The van der Waals surface area contributed by atoms with E-state index in [1.807, 2.05) is 6.07 Å². The molecule has 1 heterocycles. The van der Waals surface area contributed by atoms with Crippen LogP contribution < -0.4 is 10.6 Å². The fraction of sp³-hybridized carbons (Fsp3) is 0.632. The van der Waals surface area contributed by atoms with Gasteiger partial charge in [-0.3, -0.25) is 4.90 Å². The number of rotatable bonds is 5. The first-order chi connectivity index (χ1) is 11.8. The summed E-state index contributed by atoms with van der Waals surface area (Å²) in [6, 6.07) is 10.9. The van der Waals surface area contributed by atoms with Crippen LogP contribution in [0.25, 0.3) is 0 Å². The topological polar surface area (TPSA) is 53.6 Å². The van der Waals surface area contributed by atoms with Gasteiger partial charge in [-0.15, -0.1) is 0 Å². The van der Waals surface area contributed by atoms with Gasteiger partial charge in [0.05, 0.1) is 19.3 Å². The number of amides is 2. The van der Waals surface area contributed by atoms with Gasteiger partial charge in [-0.2, -0.15) is 0 Å². The average molecular weight is 331 g/mol. The summed E-state index contributed by atoms with van der Waals surface area (Å²) in [5.74, 6) is 0. The molecule has 5 heteroatoms. The lowest BCUT2D eigenvalue weighted by atomic mass is 9.96. The van der Waals surface area contributed by atoms with E-state index in [4.69, 9.17) is 4.74 Å². The molecule has 0 bridgehead atoms. The van der Waals surface area contributed by atoms with Crippen molar-refractivity contribution in [2.24, 2.45) is 0 Å². The third kappa shape index (κ3) is 4.95. The van der Waals surface area contributed by atoms with Gasteiger partial charge >= 0.3 is 6.03 Å². The van der Waals surface area contributed by atoms with Gasteiger partial charge < -0.3 is 15.4 Å². The Labute approximate surface area is 144 Å². The van der Waals surface area contributed by atoms with Crippen LogP contribution in [0.15, 0.2) is 30.3 Å². The quantitative estimate of drug-likeness (QED) is 0.872. The molecule has 0 spiro atoms. The highest BCUT2D eigenvalue weighted by Gasteiger charge is 2.23. The first-order valence-electron chi connectivity index (χ1n) is 9.24. The van der Waals surface area contributed by atoms with Gasteiger partial charge in [-0.05, 0) is 18.4 Å². The summed E-state index contributed by atoms with van der Waals surface area (Å²) in [6.07, 6.45) is 5.97. The van der Waals surface area contributed by atoms with Crippen LogP contribution >= 0.6 is 0 Å². The van der Waals surface area contributed by atoms with Gasteiger partial charge in [-0.1, -0.05) is 49.6 Å². The molecule has 1 saturated carbocycles. The second-order valence-corrected chi connectivity index (χ2v) is 6.76. The number of carbonyl (C=O) groups excluding carboxylic acids is 1. The number of benzene rings is 1. The van der Waals surface area contributed by atoms with Crippen molar-refractivity contribution in [3.8, 4) is 0 Å². The number of urea groups is 1. The summed E-state index contributed by atoms with van der Waals surface area (Å²) in [7, 11) is 0. The monoisotopic (exact) mass is 331 g/mol. The van der Waals surface area contributed by atoms with Crippen molar-refractivity contribution in [1.82, 2.24) is 15.5 Å². The molecular weight excluding hydrogens is 302 g/mol. The molecular formula is C19H29N3O2. The highest BCUT2D eigenvalue weighted by Crippen LogP contribution is 2.21. The number of nitrogens with one attached hydrogen (secondary N) is 2. The second kappa shape index (κ2) is 9.04. The van der Waals surface area contributed by atoms with Gasteiger partial charge in [0.2, 0.25) is 0 Å². The number of hydrogen-bond donors (Lipinski definition) is 2. The largest absolute Gasteiger partial charge is 0.379 e. The number of morpholine rings is 1. The van der Waals surface area contributed by atoms with Crippen molar-refractivity contribution < 1.29 is 9.53 Å². The lowest BCUT2D eigenvalue weighted by Gasteiger charge is -2.35. The molecule has 3 rings (SSSR count). The Morgan fingerprint density at radius 2 is 1.83 bits per heavy atom. The summed E-state index contributed by atoms with van der Waals surface area (Å²) < 4.78 is 5.47. The average Bonchev–Trinajstić information content (AvgIpc) is 2.64. The summed E-state index contributed by atoms with van der Waals surface area (Å²) in [6.45, 7) is 3.97. The van der Waals surface area contributed by atoms with Crippen LogP contribution in [0.1, 0.15) is 43.7 Å². The predicted octanol–water partition coefficient (Wildman–Crippen LogP) is 2.69. The highest BCUT2D eigenvalue weighted by atomic mass is 16.5. The van der Waals surface area contributed by atoms with E-state index in [9.17, 15) is 4.79 Å². The Bertz CT molecular complexity index is 497. The van der Waals surface area contributed by atoms with Gasteiger partial charge in [-0.25, -0.2) is 4.79 Å². The van der Waals surface area contributed by atoms with Gasteiger partial charge in [0.1, 0.15) is 0 Å². The van der Waals surface area contributed by atoms with Crippen LogP contribution in [0, 0.1) is 0 Å². The molecule has 1 aliphatic heterocycles. The fourth-order valence-corrected chi connectivity index (χ4v) is 3.69. The van der Waals surface area contributed by atoms with E-state index in [0.717, 1.165) is 39.1 Å². The Morgan fingerprint density at radius 3 is 2.54 bits per heavy atom. The molecule has 132 valence electrons. The summed E-state index contributed by atoms with van der Waals surface area (Å²) in [4.78, 5) is 14.7. The van der Waals surface area contributed by atoms with E-state index in [1.165, 1.54) is 24.8 Å². The summed E-state index contributed by atoms with van der Waals surface area (Å²) >= 11 is 0. The Hall–Kier alpha value is -1.59. The SMILES string of the molecule is O=C(NCC(c1ccccc1)N1CCOCC1)NC1CCCCC1. The predicted molar refractivity (Wildman–Crippen MR) is 95.0 cm³/mol. The van der Waals surface area contributed by atoms with E-state index in [2.05, 4.69) is 39.8 Å². The van der Waals surface area contributed by atoms with E-state index < -0.39 is 0 Å². The van der Waals surface area contributed by atoms with Crippen molar-refractivity contribution >= 4 is 6.03 Å². The van der Waals surface area contributed by atoms with Crippen LogP contribution in [0.5, 0.6) is 0 Å². The zero-order valence-corrected chi connectivity index (χ0v) is 14.4. The molecule has 2 amide bonds. The van der Waals surface area contributed by atoms with E-state index >= 15 is 0 Å². The Balaban J connectivity index is 1.56. The molecule has 2 aliphatic rings. The van der Waals surface area contributed by atoms with Crippen LogP contribution in [-0.2, 0) is 4.74 Å². The lowest BCUT2D eigenvalue weighted by Crippen LogP contribution is -2.47. The highest BCUT2D eigenvalue weighted by molar-refractivity contribution is 5.74. The second-order valence-electron chi connectivity index (χ2n) is 6.76. The van der Waals surface area contributed by atoms with E-state index in [0.29, 0.717) is 12.6 Å². The van der Waals surface area contributed by atoms with E-state index in [1.54, 1.807) is 0 Å². The molecule has 1 atom stereocenters. The number of carbonyl (C=O) groups is 1. The van der Waals surface area contributed by atoms with Gasteiger partial charge in [0, 0.05) is 25.7 Å². The summed E-state index contributed by atoms with van der Waals surface area (Å²) in [5, 5.41) is 6.23. The van der Waals surface area contributed by atoms with Crippen molar-refractivity contribution in [3.05, 3.63) is 35.9 Å². The number of ether oxygens (including phenoxy) is 1. The maximum absolute atomic E-state index is 12.3. The standard InChI is InChI=1S/C19H29N3O2/c23-19(21-17-9-5-2-6-10-17)20-15-18(16-7-3-1-4-8-16)22-11-13-24-14-12-22/h1,3-4,7-8,17-18H,2,5-6,9-15H2,(H2,20,21,23). The molecule has 1 aromatic carbocycles. The minimum atomic E-state index is -0.0314. The van der Waals surface area contributed by atoms with Crippen molar-refractivity contribution in [2.75, 3.05) is 32.8 Å². The van der Waals surface area contributed by atoms with Crippen LogP contribution in [0.3, 0.4) is 0 Å². The van der Waals surface area contributed by atoms with Crippen molar-refractivity contribution in [3.63, 3.8) is 0 Å². The first-order valence-corrected chi connectivity index (χ1v) is 9.24. The van der Waals surface area contributed by atoms with Crippen molar-refractivity contribution in [1.29, 1.82) is 0 Å². The molecule has 1 unspecified atom stereocenters. The molecule has 24 heavy (non-hydrogen) atoms. The van der Waals surface area contributed by atoms with Crippen LogP contribution in [0.4, 0.5) is 4.79 Å². The summed E-state index contributed by atoms with van der Waals surface area (Å²) in [5.41, 5.74) is 1.25. The fourth-order valence-electron chi connectivity index (χ4n) is 3.69. The molecule has 0 radical (unpaired) electrons. The maximum Gasteiger partial charge on any atom is 0.315 e. The molecule has 2 N–H and O–H groups in total. The minimum absolute atomic E-state index is 0.0314. The number of hydrogen-bond acceptors (Lipinski definition) is 3. The van der Waals surface area contributed by atoms with Crippen LogP contribution in [0.2, 0.25) is 0 Å². The first kappa shape index (κ1) is 17.2. The molecule has 0 aromatic heterocycles. The smallest absolute Gasteiger partial charge is 0.315 e. The Kier molecular flexibility index (Phi) is 6.49. The normalized spacial score (nSPS) is 21.2. The zero-order valence-electron chi connectivity index (χ0n) is 14.4. The molecule has 2 fully saturated rings. The third-order valence-corrected chi connectivity index (χ3v) is 5.07. The van der Waals surface area contributed by atoms with Gasteiger partial charge in [0.15, 0.2) is 0 Å². The molecule has 5 nitrogen and oxygen atoms in total. The molecule has 1 aliphatic carbocycles. The minimum Gasteiger partial charge on any atom is -0.379 e. The molecule has 1 aromatic rings. The third-order valence-electron chi connectivity index (χ3n) is 5.07. The lowest BCUT2D eigenvalue weighted by molar-refractivity contribution is 0.0167. The zero-order chi connectivity index (χ0) is 16.6.